The van der Waals surface area contributed by atoms with E-state index >= 15 is 0 Å². The molecule has 0 radical (unpaired) electrons. The summed E-state index contributed by atoms with van der Waals surface area (Å²) in [4.78, 5) is 38.0. The van der Waals surface area contributed by atoms with E-state index < -0.39 is 6.10 Å². The van der Waals surface area contributed by atoms with Gasteiger partial charge >= 0.3 is 17.9 Å². The zero-order chi connectivity index (χ0) is 56.4. The fraction of sp³-hybridized carbons (Fsp3) is 0.875. The molecule has 0 saturated carbocycles. The first-order chi connectivity index (χ1) is 38.5. The molecule has 0 aromatic heterocycles. The van der Waals surface area contributed by atoms with Gasteiger partial charge < -0.3 is 14.2 Å². The Bertz CT molecular complexity index is 1300. The van der Waals surface area contributed by atoms with Crippen molar-refractivity contribution < 1.29 is 28.6 Å². The van der Waals surface area contributed by atoms with E-state index in [0.29, 0.717) is 19.3 Å². The number of esters is 3. The number of rotatable bonds is 65. The molecule has 0 aliphatic carbocycles. The van der Waals surface area contributed by atoms with Crippen LogP contribution in [-0.2, 0) is 28.6 Å². The maximum atomic E-state index is 12.8. The fourth-order valence-corrected chi connectivity index (χ4v) is 10.6. The molecule has 1 unspecified atom stereocenters. The van der Waals surface area contributed by atoms with Crippen LogP contribution in [0.4, 0.5) is 0 Å². The van der Waals surface area contributed by atoms with Crippen LogP contribution in [0.15, 0.2) is 36.5 Å². The van der Waals surface area contributed by atoms with E-state index in [4.69, 9.17) is 14.2 Å². The minimum absolute atomic E-state index is 0.0740. The van der Waals surface area contributed by atoms with Crippen LogP contribution in [0.3, 0.4) is 0 Å². The van der Waals surface area contributed by atoms with Crippen molar-refractivity contribution in [3.05, 3.63) is 36.5 Å². The molecule has 0 aromatic carbocycles. The molecular weight excluding hydrogens is 961 g/mol. The number of allylic oxidation sites excluding steroid dienone is 6. The molecule has 0 spiro atoms. The number of ether oxygens (including phenoxy) is 3. The van der Waals surface area contributed by atoms with Gasteiger partial charge in [-0.1, -0.05) is 346 Å². The summed E-state index contributed by atoms with van der Waals surface area (Å²) in [7, 11) is 0. The molecule has 0 N–H and O–H groups in total. The van der Waals surface area contributed by atoms with Crippen LogP contribution in [0.1, 0.15) is 387 Å². The van der Waals surface area contributed by atoms with Crippen molar-refractivity contribution in [3.63, 3.8) is 0 Å². The maximum Gasteiger partial charge on any atom is 0.306 e. The summed E-state index contributed by atoms with van der Waals surface area (Å²) in [6, 6.07) is 0. The summed E-state index contributed by atoms with van der Waals surface area (Å²) in [5, 5.41) is 0. The molecule has 1 atom stereocenters. The largest absolute Gasteiger partial charge is 0.462 e. The summed E-state index contributed by atoms with van der Waals surface area (Å²) in [6.45, 7) is 6.59. The van der Waals surface area contributed by atoms with Crippen LogP contribution in [-0.4, -0.2) is 37.2 Å². The highest BCUT2D eigenvalue weighted by Crippen LogP contribution is 2.19. The van der Waals surface area contributed by atoms with E-state index in [1.54, 1.807) is 0 Å². The maximum absolute atomic E-state index is 12.8. The topological polar surface area (TPSA) is 78.9 Å². The highest BCUT2D eigenvalue weighted by Gasteiger charge is 2.19. The third kappa shape index (κ3) is 64.5. The van der Waals surface area contributed by atoms with Gasteiger partial charge in [0.15, 0.2) is 6.10 Å². The SMILES string of the molecule is CCCCCCC/C=C\C/C=C\C/C=C\CCCCCCCCC(=O)OC(COC(=O)CCCCCCC)COC(=O)CCCCCCCCCCCCCCCCCCCCCCCCCCCCCCCCCCCC. The van der Waals surface area contributed by atoms with E-state index in [1.165, 1.54) is 263 Å². The van der Waals surface area contributed by atoms with Crippen LogP contribution in [0.5, 0.6) is 0 Å². The third-order valence-corrected chi connectivity index (χ3v) is 15.9. The molecule has 0 rings (SSSR count). The Kier molecular flexibility index (Phi) is 65.1. The monoisotopic (exact) mass is 1100 g/mol. The molecule has 0 fully saturated rings. The van der Waals surface area contributed by atoms with Crippen molar-refractivity contribution in [1.29, 1.82) is 0 Å². The lowest BCUT2D eigenvalue weighted by Gasteiger charge is -2.18. The zero-order valence-electron chi connectivity index (χ0n) is 52.7. The zero-order valence-corrected chi connectivity index (χ0v) is 52.7. The van der Waals surface area contributed by atoms with Gasteiger partial charge in [-0.15, -0.1) is 0 Å². The van der Waals surface area contributed by atoms with Crippen molar-refractivity contribution in [3.8, 4) is 0 Å². The van der Waals surface area contributed by atoms with Gasteiger partial charge in [-0.05, 0) is 57.8 Å². The minimum Gasteiger partial charge on any atom is -0.462 e. The molecule has 0 aliphatic rings. The van der Waals surface area contributed by atoms with Crippen molar-refractivity contribution in [2.24, 2.45) is 0 Å². The average Bonchev–Trinajstić information content (AvgIpc) is 3.44. The highest BCUT2D eigenvalue weighted by atomic mass is 16.6. The van der Waals surface area contributed by atoms with E-state index in [0.717, 1.165) is 83.5 Å². The lowest BCUT2D eigenvalue weighted by molar-refractivity contribution is -0.167. The van der Waals surface area contributed by atoms with Crippen LogP contribution in [0.2, 0.25) is 0 Å². The number of unbranched alkanes of at least 4 members (excludes halogenated alkanes) is 48. The Morgan fingerprint density at radius 3 is 0.718 bits per heavy atom. The predicted octanol–water partition coefficient (Wildman–Crippen LogP) is 23.9. The van der Waals surface area contributed by atoms with Gasteiger partial charge in [-0.25, -0.2) is 0 Å². The summed E-state index contributed by atoms with van der Waals surface area (Å²) < 4.78 is 16.8. The quantitative estimate of drug-likeness (QED) is 0.0261. The molecule has 458 valence electrons. The second kappa shape index (κ2) is 67.1. The van der Waals surface area contributed by atoms with Crippen LogP contribution >= 0.6 is 0 Å². The molecule has 0 heterocycles. The first-order valence-electron chi connectivity index (χ1n) is 35.0. The molecule has 78 heavy (non-hydrogen) atoms. The number of hydrogen-bond acceptors (Lipinski definition) is 6. The van der Waals surface area contributed by atoms with Crippen molar-refractivity contribution in [1.82, 2.24) is 0 Å². The van der Waals surface area contributed by atoms with Crippen LogP contribution in [0, 0.1) is 0 Å². The van der Waals surface area contributed by atoms with E-state index in [-0.39, 0.29) is 31.1 Å². The Balaban J connectivity index is 3.89. The Morgan fingerprint density at radius 1 is 0.256 bits per heavy atom. The molecule has 0 saturated heterocycles. The standard InChI is InChI=1S/C72H134O6/c1-4-7-10-13-15-17-19-21-23-25-27-29-30-31-32-33-34-35-36-37-38-39-40-41-43-44-46-48-50-52-54-56-59-62-65-71(74)77-68-69(67-76-70(73)64-61-58-12-9-6-3)78-72(75)66-63-60-57-55-53-51-49-47-45-42-28-26-24-22-20-18-16-14-11-8-5-2/h20,22,26,28,45,47,69H,4-19,21,23-25,27,29-44,46,48-68H2,1-3H3/b22-20-,28-26-,47-45-. The highest BCUT2D eigenvalue weighted by molar-refractivity contribution is 5.71. The Morgan fingerprint density at radius 2 is 0.462 bits per heavy atom. The van der Waals surface area contributed by atoms with Crippen molar-refractivity contribution in [2.75, 3.05) is 13.2 Å². The lowest BCUT2D eigenvalue weighted by atomic mass is 10.0. The summed E-state index contributed by atoms with van der Waals surface area (Å²) in [5.41, 5.74) is 0. The third-order valence-electron chi connectivity index (χ3n) is 15.9. The van der Waals surface area contributed by atoms with E-state index in [2.05, 4.69) is 57.2 Å². The normalized spacial score (nSPS) is 12.2. The first kappa shape index (κ1) is 75.6. The van der Waals surface area contributed by atoms with Crippen LogP contribution in [0.25, 0.3) is 0 Å². The number of hydrogen-bond donors (Lipinski definition) is 0. The van der Waals surface area contributed by atoms with Gasteiger partial charge in [0.05, 0.1) is 0 Å². The average molecular weight is 1100 g/mol. The second-order valence-corrected chi connectivity index (χ2v) is 23.8. The van der Waals surface area contributed by atoms with Gasteiger partial charge in [-0.2, -0.15) is 0 Å². The fourth-order valence-electron chi connectivity index (χ4n) is 10.6. The van der Waals surface area contributed by atoms with Gasteiger partial charge in [-0.3, -0.25) is 14.4 Å². The van der Waals surface area contributed by atoms with Crippen LogP contribution < -0.4 is 0 Å². The Labute approximate surface area is 486 Å². The minimum atomic E-state index is -0.774. The van der Waals surface area contributed by atoms with Gasteiger partial charge in [0, 0.05) is 19.3 Å². The van der Waals surface area contributed by atoms with Crippen molar-refractivity contribution >= 4 is 17.9 Å². The van der Waals surface area contributed by atoms with Gasteiger partial charge in [0.25, 0.3) is 0 Å². The summed E-state index contributed by atoms with van der Waals surface area (Å²) in [5.74, 6) is -0.880. The molecule has 0 aromatic rings. The number of carbonyl (C=O) groups excluding carboxylic acids is 3. The predicted molar refractivity (Wildman–Crippen MR) is 339 cm³/mol. The summed E-state index contributed by atoms with van der Waals surface area (Å²) >= 11 is 0. The van der Waals surface area contributed by atoms with Gasteiger partial charge in [0.1, 0.15) is 13.2 Å². The molecule has 0 bridgehead atoms. The molecule has 6 heteroatoms. The first-order valence-corrected chi connectivity index (χ1v) is 35.0. The van der Waals surface area contributed by atoms with E-state index in [9.17, 15) is 14.4 Å². The number of carbonyl (C=O) groups is 3. The molecule has 0 aliphatic heterocycles. The molecule has 0 amide bonds. The Hall–Kier alpha value is -2.37. The summed E-state index contributed by atoms with van der Waals surface area (Å²) in [6.07, 6.45) is 83.9. The van der Waals surface area contributed by atoms with Crippen molar-refractivity contribution in [2.45, 2.75) is 393 Å². The molecule has 6 nitrogen and oxygen atoms in total. The lowest BCUT2D eigenvalue weighted by Crippen LogP contribution is -2.30. The second-order valence-electron chi connectivity index (χ2n) is 23.8. The molecular formula is C72H134O6. The van der Waals surface area contributed by atoms with Gasteiger partial charge in [0.2, 0.25) is 0 Å². The smallest absolute Gasteiger partial charge is 0.306 e. The van der Waals surface area contributed by atoms with E-state index in [1.807, 2.05) is 0 Å².